The van der Waals surface area contributed by atoms with Crippen LogP contribution in [0.3, 0.4) is 0 Å². The third-order valence-corrected chi connectivity index (χ3v) is 7.27. The van der Waals surface area contributed by atoms with E-state index >= 15 is 0 Å². The van der Waals surface area contributed by atoms with Crippen LogP contribution in [0.4, 0.5) is 0 Å². The van der Waals surface area contributed by atoms with E-state index in [-0.39, 0.29) is 6.10 Å². The van der Waals surface area contributed by atoms with Crippen molar-refractivity contribution in [1.82, 2.24) is 4.68 Å². The first kappa shape index (κ1) is 24.2. The van der Waals surface area contributed by atoms with Crippen LogP contribution >= 0.6 is 11.3 Å². The second kappa shape index (κ2) is 11.1. The molecule has 3 aromatic carbocycles. The quantitative estimate of drug-likeness (QED) is 0.261. The molecule has 5 rings (SSSR count). The molecular formula is C30H31N3O2S. The van der Waals surface area contributed by atoms with E-state index in [4.69, 9.17) is 19.6 Å². The molecule has 0 spiro atoms. The minimum atomic E-state index is 0.197. The lowest BCUT2D eigenvalue weighted by molar-refractivity contribution is 0.117. The van der Waals surface area contributed by atoms with Crippen molar-refractivity contribution in [2.45, 2.75) is 39.7 Å². The summed E-state index contributed by atoms with van der Waals surface area (Å²) in [6.45, 7) is 7.94. The molecule has 36 heavy (non-hydrogen) atoms. The van der Waals surface area contributed by atoms with Gasteiger partial charge in [0, 0.05) is 17.6 Å². The highest BCUT2D eigenvalue weighted by Gasteiger charge is 2.16. The molecular weight excluding hydrogens is 466 g/mol. The Morgan fingerprint density at radius 1 is 0.972 bits per heavy atom. The van der Waals surface area contributed by atoms with Crippen molar-refractivity contribution in [1.29, 1.82) is 0 Å². The van der Waals surface area contributed by atoms with Crippen LogP contribution in [0.25, 0.3) is 11.3 Å². The molecule has 0 bridgehead atoms. The second-order valence-electron chi connectivity index (χ2n) is 9.17. The van der Waals surface area contributed by atoms with Gasteiger partial charge in [0.2, 0.25) is 4.80 Å². The van der Waals surface area contributed by atoms with E-state index in [9.17, 15) is 0 Å². The van der Waals surface area contributed by atoms with Gasteiger partial charge in [0.15, 0.2) is 0 Å². The Bertz CT molecular complexity index is 1430. The Kier molecular flexibility index (Phi) is 7.44. The smallest absolute Gasteiger partial charge is 0.206 e. The third-order valence-electron chi connectivity index (χ3n) is 6.42. The van der Waals surface area contributed by atoms with Gasteiger partial charge in [-0.1, -0.05) is 36.4 Å². The number of benzene rings is 3. The number of nitrogens with zero attached hydrogens (tertiary/aromatic N) is 3. The zero-order valence-electron chi connectivity index (χ0n) is 21.0. The van der Waals surface area contributed by atoms with Crippen LogP contribution in [0.2, 0.25) is 0 Å². The van der Waals surface area contributed by atoms with Gasteiger partial charge in [-0.25, -0.2) is 4.68 Å². The van der Waals surface area contributed by atoms with Crippen molar-refractivity contribution in [3.63, 3.8) is 0 Å². The van der Waals surface area contributed by atoms with Gasteiger partial charge in [-0.05, 0) is 86.2 Å². The summed E-state index contributed by atoms with van der Waals surface area (Å²) < 4.78 is 13.8. The minimum absolute atomic E-state index is 0.197. The van der Waals surface area contributed by atoms with Crippen molar-refractivity contribution in [2.24, 2.45) is 10.1 Å². The standard InChI is InChI=1S/C30H31N3O2S/c1-21-15-23(3)28(16-22(21)2)29-20-36-30(31-19-27-13-8-14-34-27)33(29)32-18-24-9-7-12-26(17-24)35-25-10-5-4-6-11-25/h4-7,9-12,15-18,20,27H,8,13-14,19H2,1-3H3. The van der Waals surface area contributed by atoms with Crippen molar-refractivity contribution in [3.8, 4) is 22.8 Å². The van der Waals surface area contributed by atoms with E-state index in [1.807, 2.05) is 65.5 Å². The van der Waals surface area contributed by atoms with Gasteiger partial charge in [0.25, 0.3) is 0 Å². The molecule has 0 aliphatic carbocycles. The number of hydrogen-bond donors (Lipinski definition) is 0. The van der Waals surface area contributed by atoms with E-state index in [0.717, 1.165) is 47.0 Å². The molecule has 1 fully saturated rings. The molecule has 1 aliphatic rings. The predicted molar refractivity (Wildman–Crippen MR) is 147 cm³/mol. The molecule has 1 aromatic heterocycles. The number of hydrogen-bond acceptors (Lipinski definition) is 5. The fourth-order valence-corrected chi connectivity index (χ4v) is 5.16. The van der Waals surface area contributed by atoms with E-state index < -0.39 is 0 Å². The Labute approximate surface area is 216 Å². The third kappa shape index (κ3) is 5.66. The second-order valence-corrected chi connectivity index (χ2v) is 10.0. The Morgan fingerprint density at radius 3 is 2.58 bits per heavy atom. The number of para-hydroxylation sites is 1. The summed E-state index contributed by atoms with van der Waals surface area (Å²) >= 11 is 1.62. The molecule has 1 aliphatic heterocycles. The van der Waals surface area contributed by atoms with Gasteiger partial charge < -0.3 is 9.47 Å². The molecule has 2 heterocycles. The lowest BCUT2D eigenvalue weighted by Gasteiger charge is -2.11. The lowest BCUT2D eigenvalue weighted by atomic mass is 9.99. The van der Waals surface area contributed by atoms with Crippen molar-refractivity contribution in [2.75, 3.05) is 13.2 Å². The summed E-state index contributed by atoms with van der Waals surface area (Å²) in [5, 5.41) is 7.06. The molecule has 5 nitrogen and oxygen atoms in total. The first-order valence-electron chi connectivity index (χ1n) is 12.3. The van der Waals surface area contributed by atoms with E-state index in [0.29, 0.717) is 6.54 Å². The van der Waals surface area contributed by atoms with Gasteiger partial charge in [0.05, 0.1) is 24.6 Å². The molecule has 1 atom stereocenters. The Balaban J connectivity index is 1.50. The predicted octanol–water partition coefficient (Wildman–Crippen LogP) is 6.90. The van der Waals surface area contributed by atoms with Crippen LogP contribution in [0.1, 0.15) is 35.1 Å². The molecule has 0 N–H and O–H groups in total. The van der Waals surface area contributed by atoms with Gasteiger partial charge in [0.1, 0.15) is 11.5 Å². The van der Waals surface area contributed by atoms with Gasteiger partial charge in [-0.15, -0.1) is 11.3 Å². The molecule has 6 heteroatoms. The fourth-order valence-electron chi connectivity index (χ4n) is 4.32. The highest BCUT2D eigenvalue weighted by molar-refractivity contribution is 7.07. The molecule has 1 saturated heterocycles. The average Bonchev–Trinajstić information content (AvgIpc) is 3.54. The SMILES string of the molecule is Cc1cc(C)c(-c2csc(=NCC3CCCO3)n2N=Cc2cccc(Oc3ccccc3)c2)cc1C. The maximum atomic E-state index is 6.01. The molecule has 0 saturated carbocycles. The van der Waals surface area contributed by atoms with Crippen LogP contribution in [-0.4, -0.2) is 30.1 Å². The molecule has 1 unspecified atom stereocenters. The first-order valence-corrected chi connectivity index (χ1v) is 13.2. The Hall–Kier alpha value is -3.48. The first-order chi connectivity index (χ1) is 17.6. The van der Waals surface area contributed by atoms with Crippen LogP contribution in [-0.2, 0) is 4.74 Å². The summed E-state index contributed by atoms with van der Waals surface area (Å²) in [6.07, 6.45) is 4.24. The molecule has 0 radical (unpaired) electrons. The number of ether oxygens (including phenoxy) is 2. The monoisotopic (exact) mass is 497 g/mol. The van der Waals surface area contributed by atoms with Crippen molar-refractivity contribution in [3.05, 3.63) is 99.2 Å². The van der Waals surface area contributed by atoms with E-state index in [2.05, 4.69) is 38.3 Å². The summed E-state index contributed by atoms with van der Waals surface area (Å²) in [7, 11) is 0. The molecule has 0 amide bonds. The summed E-state index contributed by atoms with van der Waals surface area (Å²) in [5.41, 5.74) is 6.95. The van der Waals surface area contributed by atoms with Crippen LogP contribution in [0, 0.1) is 20.8 Å². The summed E-state index contributed by atoms with van der Waals surface area (Å²) in [5.74, 6) is 1.58. The number of aromatic nitrogens is 1. The highest BCUT2D eigenvalue weighted by Crippen LogP contribution is 2.27. The normalized spacial score (nSPS) is 16.2. The van der Waals surface area contributed by atoms with Gasteiger partial charge in [-0.2, -0.15) is 5.10 Å². The fraction of sp³-hybridized carbons (Fsp3) is 0.267. The number of aryl methyl sites for hydroxylation is 3. The summed E-state index contributed by atoms with van der Waals surface area (Å²) in [4.78, 5) is 5.77. The van der Waals surface area contributed by atoms with E-state index in [1.165, 1.54) is 22.3 Å². The van der Waals surface area contributed by atoms with Gasteiger partial charge in [-0.3, -0.25) is 4.99 Å². The zero-order valence-corrected chi connectivity index (χ0v) is 21.8. The number of rotatable bonds is 7. The van der Waals surface area contributed by atoms with E-state index in [1.54, 1.807) is 11.3 Å². The molecule has 4 aromatic rings. The maximum absolute atomic E-state index is 6.01. The Morgan fingerprint density at radius 2 is 1.78 bits per heavy atom. The van der Waals surface area contributed by atoms with Crippen molar-refractivity contribution >= 4 is 17.6 Å². The van der Waals surface area contributed by atoms with Crippen LogP contribution < -0.4 is 9.54 Å². The lowest BCUT2D eigenvalue weighted by Crippen LogP contribution is -2.17. The zero-order chi connectivity index (χ0) is 24.9. The van der Waals surface area contributed by atoms with Gasteiger partial charge >= 0.3 is 0 Å². The summed E-state index contributed by atoms with van der Waals surface area (Å²) in [6, 6.07) is 22.2. The topological polar surface area (TPSA) is 48.1 Å². The number of thiazole rings is 1. The maximum Gasteiger partial charge on any atom is 0.206 e. The highest BCUT2D eigenvalue weighted by atomic mass is 32.1. The van der Waals surface area contributed by atoms with Crippen LogP contribution in [0.5, 0.6) is 11.5 Å². The average molecular weight is 498 g/mol. The van der Waals surface area contributed by atoms with Crippen LogP contribution in [0.15, 0.2) is 82.2 Å². The van der Waals surface area contributed by atoms with Crippen molar-refractivity contribution < 1.29 is 9.47 Å². The molecule has 184 valence electrons. The largest absolute Gasteiger partial charge is 0.457 e. The minimum Gasteiger partial charge on any atom is -0.457 e.